The van der Waals surface area contributed by atoms with E-state index in [1.807, 2.05) is 0 Å². The predicted octanol–water partition coefficient (Wildman–Crippen LogP) is 3.15. The number of hydrogen-bond acceptors (Lipinski definition) is 5. The van der Waals surface area contributed by atoms with Crippen LogP contribution in [0.2, 0.25) is 10.0 Å². The fraction of sp³-hybridized carbons (Fsp3) is 0.118. The molecule has 3 aromatic rings. The maximum atomic E-state index is 13.0. The molecule has 7 nitrogen and oxygen atoms in total. The highest BCUT2D eigenvalue weighted by molar-refractivity contribution is 7.92. The van der Waals surface area contributed by atoms with Gasteiger partial charge in [0.2, 0.25) is 0 Å². The Morgan fingerprint density at radius 2 is 1.81 bits per heavy atom. The average molecular weight is 425 g/mol. The third kappa shape index (κ3) is 3.69. The number of hydrogen-bond donors (Lipinski definition) is 0. The van der Waals surface area contributed by atoms with Gasteiger partial charge in [-0.25, -0.2) is 8.42 Å². The summed E-state index contributed by atoms with van der Waals surface area (Å²) in [6, 6.07) is 9.09. The van der Waals surface area contributed by atoms with Crippen LogP contribution in [-0.2, 0) is 10.0 Å². The second-order valence-electron chi connectivity index (χ2n) is 5.40. The molecule has 0 aliphatic rings. The van der Waals surface area contributed by atoms with E-state index in [9.17, 15) is 13.2 Å². The summed E-state index contributed by atoms with van der Waals surface area (Å²) in [5.74, 6) is 0. The van der Waals surface area contributed by atoms with Crippen LogP contribution in [0.5, 0.6) is 0 Å². The second kappa shape index (κ2) is 7.67. The van der Waals surface area contributed by atoms with E-state index in [0.717, 1.165) is 4.68 Å². The molecular formula is C17H14Cl2N4O3S. The Labute approximate surface area is 165 Å². The molecule has 27 heavy (non-hydrogen) atoms. The van der Waals surface area contributed by atoms with Crippen molar-refractivity contribution in [3.8, 4) is 5.69 Å². The number of halogens is 2. The van der Waals surface area contributed by atoms with Crippen molar-refractivity contribution >= 4 is 38.9 Å². The van der Waals surface area contributed by atoms with Crippen LogP contribution in [0.1, 0.15) is 6.92 Å². The number of pyridine rings is 1. The number of aromatic nitrogens is 3. The van der Waals surface area contributed by atoms with Gasteiger partial charge in [-0.3, -0.25) is 14.1 Å². The van der Waals surface area contributed by atoms with E-state index >= 15 is 0 Å². The Balaban J connectivity index is 2.00. The topological polar surface area (TPSA) is 85.2 Å². The van der Waals surface area contributed by atoms with Gasteiger partial charge in [-0.1, -0.05) is 23.2 Å². The van der Waals surface area contributed by atoms with Gasteiger partial charge in [0.25, 0.3) is 15.6 Å². The van der Waals surface area contributed by atoms with Crippen LogP contribution in [0.15, 0.2) is 64.7 Å². The first kappa shape index (κ1) is 19.3. The van der Waals surface area contributed by atoms with E-state index in [1.54, 1.807) is 25.3 Å². The molecule has 3 rings (SSSR count). The normalized spacial score (nSPS) is 11.4. The van der Waals surface area contributed by atoms with Crippen LogP contribution in [0, 0.1) is 0 Å². The molecule has 2 aromatic heterocycles. The summed E-state index contributed by atoms with van der Waals surface area (Å²) >= 11 is 11.6. The molecule has 0 amide bonds. The number of rotatable bonds is 5. The minimum Gasteiger partial charge on any atom is -0.266 e. The van der Waals surface area contributed by atoms with Crippen molar-refractivity contribution in [1.29, 1.82) is 0 Å². The molecule has 0 N–H and O–H groups in total. The zero-order valence-corrected chi connectivity index (χ0v) is 16.4. The SMILES string of the molecule is CCN(c1cccnc1)S(=O)(=O)c1ccc(-n2ncc(Cl)c(Cl)c2=O)cc1. The standard InChI is InChI=1S/C17H14Cl2N4O3S/c1-2-22(13-4-3-9-20-10-13)27(25,26)14-7-5-12(6-8-14)23-17(24)16(19)15(18)11-21-23/h3-11H,2H2,1H3. The lowest BCUT2D eigenvalue weighted by Crippen LogP contribution is -2.30. The minimum atomic E-state index is -3.79. The first-order chi connectivity index (χ1) is 12.9. The number of benzene rings is 1. The maximum absolute atomic E-state index is 13.0. The fourth-order valence-electron chi connectivity index (χ4n) is 2.48. The largest absolute Gasteiger partial charge is 0.291 e. The van der Waals surface area contributed by atoms with E-state index < -0.39 is 15.6 Å². The maximum Gasteiger partial charge on any atom is 0.291 e. The Morgan fingerprint density at radius 1 is 1.11 bits per heavy atom. The van der Waals surface area contributed by atoms with Crippen LogP contribution in [-0.4, -0.2) is 29.7 Å². The highest BCUT2D eigenvalue weighted by Gasteiger charge is 2.23. The molecule has 0 saturated carbocycles. The van der Waals surface area contributed by atoms with Crippen molar-refractivity contribution in [1.82, 2.24) is 14.8 Å². The Bertz CT molecular complexity index is 1120. The second-order valence-corrected chi connectivity index (χ2v) is 8.05. The van der Waals surface area contributed by atoms with Gasteiger partial charge in [-0.05, 0) is 43.3 Å². The summed E-state index contributed by atoms with van der Waals surface area (Å²) in [6.45, 7) is 1.97. The highest BCUT2D eigenvalue weighted by atomic mass is 35.5. The zero-order valence-electron chi connectivity index (χ0n) is 14.1. The third-order valence-electron chi connectivity index (χ3n) is 3.77. The van der Waals surface area contributed by atoms with Gasteiger partial charge >= 0.3 is 0 Å². The summed E-state index contributed by atoms with van der Waals surface area (Å²) in [7, 11) is -3.79. The van der Waals surface area contributed by atoms with E-state index in [1.165, 1.54) is 41.0 Å². The highest BCUT2D eigenvalue weighted by Crippen LogP contribution is 2.23. The van der Waals surface area contributed by atoms with Gasteiger partial charge in [0.05, 0.1) is 33.7 Å². The molecule has 0 aliphatic heterocycles. The van der Waals surface area contributed by atoms with E-state index in [-0.39, 0.29) is 21.5 Å². The van der Waals surface area contributed by atoms with Crippen molar-refractivity contribution in [3.63, 3.8) is 0 Å². The van der Waals surface area contributed by atoms with Crippen molar-refractivity contribution in [2.75, 3.05) is 10.8 Å². The molecule has 0 bridgehead atoms. The predicted molar refractivity (Wildman–Crippen MR) is 104 cm³/mol. The van der Waals surface area contributed by atoms with Crippen molar-refractivity contribution in [2.45, 2.75) is 11.8 Å². The van der Waals surface area contributed by atoms with Crippen LogP contribution in [0.4, 0.5) is 5.69 Å². The summed E-state index contributed by atoms with van der Waals surface area (Å²) in [5.41, 5.74) is 0.235. The van der Waals surface area contributed by atoms with E-state index in [4.69, 9.17) is 23.2 Å². The van der Waals surface area contributed by atoms with Gasteiger partial charge in [-0.15, -0.1) is 0 Å². The summed E-state index contributed by atoms with van der Waals surface area (Å²) in [5, 5.41) is 3.81. The van der Waals surface area contributed by atoms with Crippen LogP contribution in [0.25, 0.3) is 5.69 Å². The molecule has 0 radical (unpaired) electrons. The quantitative estimate of drug-likeness (QED) is 0.627. The fourth-order valence-corrected chi connectivity index (χ4v) is 4.19. The van der Waals surface area contributed by atoms with Gasteiger partial charge in [0.15, 0.2) is 0 Å². The van der Waals surface area contributed by atoms with Gasteiger partial charge < -0.3 is 0 Å². The van der Waals surface area contributed by atoms with Crippen LogP contribution < -0.4 is 9.86 Å². The Kier molecular flexibility index (Phi) is 5.50. The molecule has 0 unspecified atom stereocenters. The molecule has 0 atom stereocenters. The monoisotopic (exact) mass is 424 g/mol. The van der Waals surface area contributed by atoms with Crippen molar-refractivity contribution in [2.24, 2.45) is 0 Å². The molecular weight excluding hydrogens is 411 g/mol. The average Bonchev–Trinajstić information content (AvgIpc) is 2.68. The Hall–Kier alpha value is -2.42. The lowest BCUT2D eigenvalue weighted by molar-refractivity contribution is 0.591. The number of nitrogens with zero attached hydrogens (tertiary/aromatic N) is 4. The molecule has 0 spiro atoms. The molecule has 1 aromatic carbocycles. The van der Waals surface area contributed by atoms with Gasteiger partial charge in [0, 0.05) is 12.7 Å². The van der Waals surface area contributed by atoms with Crippen molar-refractivity contribution < 1.29 is 8.42 Å². The van der Waals surface area contributed by atoms with Crippen molar-refractivity contribution in [3.05, 3.63) is 75.4 Å². The van der Waals surface area contributed by atoms with Gasteiger partial charge in [0.1, 0.15) is 5.02 Å². The summed E-state index contributed by atoms with van der Waals surface area (Å²) in [4.78, 5) is 16.2. The molecule has 140 valence electrons. The number of anilines is 1. The molecule has 2 heterocycles. The summed E-state index contributed by atoms with van der Waals surface area (Å²) < 4.78 is 28.2. The molecule has 0 fully saturated rings. The third-order valence-corrected chi connectivity index (χ3v) is 6.43. The van der Waals surface area contributed by atoms with Crippen LogP contribution >= 0.6 is 23.2 Å². The van der Waals surface area contributed by atoms with Gasteiger partial charge in [-0.2, -0.15) is 9.78 Å². The lowest BCUT2D eigenvalue weighted by Gasteiger charge is -2.22. The first-order valence-corrected chi connectivity index (χ1v) is 10.0. The Morgan fingerprint density at radius 3 is 2.41 bits per heavy atom. The molecule has 0 aliphatic carbocycles. The van der Waals surface area contributed by atoms with E-state index in [0.29, 0.717) is 11.4 Å². The smallest absolute Gasteiger partial charge is 0.266 e. The zero-order chi connectivity index (χ0) is 19.6. The summed E-state index contributed by atoms with van der Waals surface area (Å²) in [6.07, 6.45) is 4.30. The lowest BCUT2D eigenvalue weighted by atomic mass is 10.3. The molecule has 10 heteroatoms. The molecule has 0 saturated heterocycles. The first-order valence-electron chi connectivity index (χ1n) is 7.82. The van der Waals surface area contributed by atoms with E-state index in [2.05, 4.69) is 10.1 Å². The van der Waals surface area contributed by atoms with Crippen LogP contribution in [0.3, 0.4) is 0 Å². The number of sulfonamides is 1. The minimum absolute atomic E-state index is 0.0483.